The smallest absolute Gasteiger partial charge is 0.264 e. The standard InChI is InChI=1S/C37H47N3O8S/c1-8-9-10-15-30-28-14-11-16-35(29(28)17-19-39-30)49(41,42)40(27-24-33(45-4)37(48-7)34(25-27)46-5)21-20-38-18-12-13-26-22-31(43-2)36(47-6)32(23-26)44-3/h11-14,16-17,19,22-25,38H,8-10,15,18,20-21H2,1-7H3. The van der Waals surface area contributed by atoms with Gasteiger partial charge >= 0.3 is 0 Å². The summed E-state index contributed by atoms with van der Waals surface area (Å²) in [4.78, 5) is 4.80. The molecule has 4 rings (SSSR count). The van der Waals surface area contributed by atoms with Crippen LogP contribution in [0.1, 0.15) is 37.4 Å². The van der Waals surface area contributed by atoms with E-state index < -0.39 is 10.0 Å². The molecule has 264 valence electrons. The van der Waals surface area contributed by atoms with Gasteiger partial charge in [-0.1, -0.05) is 44.1 Å². The number of methoxy groups -OCH3 is 6. The number of hydrogen-bond donors (Lipinski definition) is 1. The van der Waals surface area contributed by atoms with E-state index >= 15 is 0 Å². The number of sulfonamides is 1. The highest BCUT2D eigenvalue weighted by Crippen LogP contribution is 2.43. The maximum absolute atomic E-state index is 14.7. The summed E-state index contributed by atoms with van der Waals surface area (Å²) < 4.78 is 63.7. The molecule has 0 unspecified atom stereocenters. The molecule has 0 atom stereocenters. The van der Waals surface area contributed by atoms with Gasteiger partial charge in [-0.25, -0.2) is 8.42 Å². The second-order valence-corrected chi connectivity index (χ2v) is 12.9. The minimum absolute atomic E-state index is 0.115. The molecule has 11 nitrogen and oxygen atoms in total. The average Bonchev–Trinajstić information content (AvgIpc) is 3.13. The number of hydrogen-bond acceptors (Lipinski definition) is 10. The minimum atomic E-state index is -4.09. The lowest BCUT2D eigenvalue weighted by Crippen LogP contribution is -2.37. The molecule has 49 heavy (non-hydrogen) atoms. The summed E-state index contributed by atoms with van der Waals surface area (Å²) in [6.07, 6.45) is 9.48. The molecule has 0 aliphatic rings. The van der Waals surface area contributed by atoms with E-state index in [4.69, 9.17) is 28.4 Å². The van der Waals surface area contributed by atoms with Crippen LogP contribution in [0, 0.1) is 0 Å². The molecule has 3 aromatic carbocycles. The highest BCUT2D eigenvalue weighted by Gasteiger charge is 2.29. The topological polar surface area (TPSA) is 118 Å². The molecule has 0 spiro atoms. The summed E-state index contributed by atoms with van der Waals surface area (Å²) in [6, 6.07) is 14.1. The van der Waals surface area contributed by atoms with E-state index in [1.165, 1.54) is 25.6 Å². The fourth-order valence-electron chi connectivity index (χ4n) is 5.68. The lowest BCUT2D eigenvalue weighted by atomic mass is 10.1. The summed E-state index contributed by atoms with van der Waals surface area (Å²) in [5.74, 6) is 2.69. The van der Waals surface area contributed by atoms with Crippen LogP contribution in [-0.2, 0) is 16.4 Å². The van der Waals surface area contributed by atoms with E-state index in [9.17, 15) is 8.42 Å². The lowest BCUT2D eigenvalue weighted by molar-refractivity contribution is 0.324. The number of aryl methyl sites for hydroxylation is 1. The average molecular weight is 694 g/mol. The molecule has 0 aliphatic carbocycles. The maximum atomic E-state index is 14.7. The van der Waals surface area contributed by atoms with Gasteiger partial charge in [0.2, 0.25) is 11.5 Å². The predicted octanol–water partition coefficient (Wildman–Crippen LogP) is 6.52. The van der Waals surface area contributed by atoms with E-state index in [1.54, 1.807) is 57.9 Å². The van der Waals surface area contributed by atoms with Crippen LogP contribution in [0.5, 0.6) is 34.5 Å². The maximum Gasteiger partial charge on any atom is 0.264 e. The second kappa shape index (κ2) is 17.6. The van der Waals surface area contributed by atoms with Crippen LogP contribution in [0.25, 0.3) is 16.8 Å². The summed E-state index contributed by atoms with van der Waals surface area (Å²) in [5.41, 5.74) is 2.12. The number of pyridine rings is 1. The van der Waals surface area contributed by atoms with Crippen molar-refractivity contribution in [1.82, 2.24) is 10.3 Å². The normalized spacial score (nSPS) is 11.5. The SMILES string of the molecule is CCCCCc1nccc2c(S(=O)(=O)N(CCNCC=Cc3cc(OC)c(OC)c(OC)c3)c3cc(OC)c(OC)c(OC)c3)cccc12. The molecule has 0 aliphatic heterocycles. The number of nitrogens with zero attached hydrogens (tertiary/aromatic N) is 2. The Hall–Kier alpha value is -4.68. The molecule has 12 heteroatoms. The number of ether oxygens (including phenoxy) is 6. The van der Waals surface area contributed by atoms with Crippen molar-refractivity contribution in [2.75, 3.05) is 66.6 Å². The molecule has 0 amide bonds. The predicted molar refractivity (Wildman–Crippen MR) is 194 cm³/mol. The number of nitrogens with one attached hydrogen (secondary N) is 1. The molecule has 1 heterocycles. The molecule has 0 fully saturated rings. The summed E-state index contributed by atoms with van der Waals surface area (Å²) >= 11 is 0. The fourth-order valence-corrected chi connectivity index (χ4v) is 7.34. The first-order chi connectivity index (χ1) is 23.8. The Morgan fingerprint density at radius 2 is 1.39 bits per heavy atom. The summed E-state index contributed by atoms with van der Waals surface area (Å²) in [5, 5.41) is 4.80. The quantitative estimate of drug-likeness (QED) is 0.109. The molecule has 0 bridgehead atoms. The largest absolute Gasteiger partial charge is 0.493 e. The Labute approximate surface area is 289 Å². The van der Waals surface area contributed by atoms with Crippen LogP contribution < -0.4 is 38.0 Å². The van der Waals surface area contributed by atoms with Crippen molar-refractivity contribution < 1.29 is 36.8 Å². The highest BCUT2D eigenvalue weighted by atomic mass is 32.2. The number of benzene rings is 3. The van der Waals surface area contributed by atoms with Gasteiger partial charge in [0.05, 0.1) is 53.2 Å². The van der Waals surface area contributed by atoms with Crippen LogP contribution >= 0.6 is 0 Å². The minimum Gasteiger partial charge on any atom is -0.493 e. The number of fused-ring (bicyclic) bond motifs is 1. The lowest BCUT2D eigenvalue weighted by Gasteiger charge is -2.27. The molecule has 1 N–H and O–H groups in total. The summed E-state index contributed by atoms with van der Waals surface area (Å²) in [7, 11) is 5.11. The Bertz CT molecular complexity index is 1800. The van der Waals surface area contributed by atoms with Crippen molar-refractivity contribution in [1.29, 1.82) is 0 Å². The molecular formula is C37H47N3O8S. The third kappa shape index (κ3) is 8.49. The molecule has 4 aromatic rings. The van der Waals surface area contributed by atoms with Crippen molar-refractivity contribution in [3.8, 4) is 34.5 Å². The van der Waals surface area contributed by atoms with Gasteiger partial charge in [0.25, 0.3) is 10.0 Å². The van der Waals surface area contributed by atoms with Crippen molar-refractivity contribution in [3.63, 3.8) is 0 Å². The van der Waals surface area contributed by atoms with Crippen LogP contribution in [0.4, 0.5) is 5.69 Å². The van der Waals surface area contributed by atoms with Gasteiger partial charge in [-0.15, -0.1) is 0 Å². The summed E-state index contributed by atoms with van der Waals surface area (Å²) in [6.45, 7) is 3.08. The first-order valence-corrected chi connectivity index (χ1v) is 17.6. The van der Waals surface area contributed by atoms with E-state index in [1.807, 2.05) is 30.4 Å². The zero-order chi connectivity index (χ0) is 35.4. The van der Waals surface area contributed by atoms with Gasteiger partial charge < -0.3 is 33.7 Å². The number of rotatable bonds is 19. The van der Waals surface area contributed by atoms with Gasteiger partial charge in [0, 0.05) is 54.4 Å². The van der Waals surface area contributed by atoms with Gasteiger partial charge in [-0.05, 0) is 42.7 Å². The first kappa shape index (κ1) is 37.1. The number of anilines is 1. The Morgan fingerprint density at radius 3 is 1.96 bits per heavy atom. The Morgan fingerprint density at radius 1 is 0.776 bits per heavy atom. The molecule has 0 radical (unpaired) electrons. The van der Waals surface area contributed by atoms with Gasteiger partial charge in [0.1, 0.15) is 0 Å². The van der Waals surface area contributed by atoms with E-state index in [0.29, 0.717) is 58.7 Å². The van der Waals surface area contributed by atoms with E-state index in [0.717, 1.165) is 42.3 Å². The highest BCUT2D eigenvalue weighted by molar-refractivity contribution is 7.93. The van der Waals surface area contributed by atoms with E-state index in [2.05, 4.69) is 17.2 Å². The second-order valence-electron chi connectivity index (χ2n) is 11.1. The van der Waals surface area contributed by atoms with Crippen LogP contribution in [-0.4, -0.2) is 75.7 Å². The Kier molecular flexibility index (Phi) is 13.4. The zero-order valence-electron chi connectivity index (χ0n) is 29.4. The van der Waals surface area contributed by atoms with Crippen molar-refractivity contribution in [2.45, 2.75) is 37.5 Å². The van der Waals surface area contributed by atoms with Crippen molar-refractivity contribution in [2.24, 2.45) is 0 Å². The zero-order valence-corrected chi connectivity index (χ0v) is 30.2. The monoisotopic (exact) mass is 693 g/mol. The molecular weight excluding hydrogens is 646 g/mol. The molecule has 0 saturated carbocycles. The molecule has 1 aromatic heterocycles. The van der Waals surface area contributed by atoms with Crippen LogP contribution in [0.15, 0.2) is 65.7 Å². The third-order valence-electron chi connectivity index (χ3n) is 8.12. The first-order valence-electron chi connectivity index (χ1n) is 16.1. The molecule has 0 saturated heterocycles. The third-order valence-corrected chi connectivity index (χ3v) is 10.0. The van der Waals surface area contributed by atoms with Crippen molar-refractivity contribution >= 4 is 32.6 Å². The number of aromatic nitrogens is 1. The Balaban J connectivity index is 1.66. The van der Waals surface area contributed by atoms with Crippen LogP contribution in [0.3, 0.4) is 0 Å². The van der Waals surface area contributed by atoms with Gasteiger partial charge in [-0.3, -0.25) is 9.29 Å². The van der Waals surface area contributed by atoms with Crippen molar-refractivity contribution in [3.05, 3.63) is 72.1 Å². The fraction of sp³-hybridized carbons (Fsp3) is 0.378. The number of unbranched alkanes of at least 4 members (excludes halogenated alkanes) is 2. The van der Waals surface area contributed by atoms with Gasteiger partial charge in [0.15, 0.2) is 23.0 Å². The van der Waals surface area contributed by atoms with Gasteiger partial charge in [-0.2, -0.15) is 0 Å². The van der Waals surface area contributed by atoms with Crippen LogP contribution in [0.2, 0.25) is 0 Å². The van der Waals surface area contributed by atoms with E-state index in [-0.39, 0.29) is 11.4 Å².